The van der Waals surface area contributed by atoms with Crippen LogP contribution in [0.25, 0.3) is 0 Å². The Kier molecular flexibility index (Phi) is 5.00. The molecule has 1 heterocycles. The molecule has 1 aromatic heterocycles. The van der Waals surface area contributed by atoms with E-state index in [4.69, 9.17) is 11.5 Å². The SMILES string of the molecule is NC1CCCCC1.Nc1cccnc1. The van der Waals surface area contributed by atoms with E-state index >= 15 is 0 Å². The van der Waals surface area contributed by atoms with Crippen LogP contribution in [0, 0.1) is 0 Å². The Labute approximate surface area is 85.5 Å². The molecule has 0 bridgehead atoms. The van der Waals surface area contributed by atoms with E-state index in [2.05, 4.69) is 4.98 Å². The lowest BCUT2D eigenvalue weighted by Gasteiger charge is -2.15. The molecule has 0 aliphatic heterocycles. The third-order valence-corrected chi connectivity index (χ3v) is 2.33. The first-order chi connectivity index (χ1) is 6.79. The molecule has 3 heteroatoms. The molecule has 3 nitrogen and oxygen atoms in total. The van der Waals surface area contributed by atoms with Gasteiger partial charge in [-0.3, -0.25) is 4.98 Å². The van der Waals surface area contributed by atoms with Crippen LogP contribution in [0.5, 0.6) is 0 Å². The molecule has 1 aliphatic carbocycles. The summed E-state index contributed by atoms with van der Waals surface area (Å²) in [7, 11) is 0. The van der Waals surface area contributed by atoms with Crippen LogP contribution in [0.4, 0.5) is 5.69 Å². The molecule has 1 fully saturated rings. The van der Waals surface area contributed by atoms with E-state index in [1.165, 1.54) is 32.1 Å². The Hall–Kier alpha value is -1.09. The maximum absolute atomic E-state index is 5.63. The molecule has 1 aromatic rings. The molecule has 0 radical (unpaired) electrons. The molecule has 0 saturated heterocycles. The highest BCUT2D eigenvalue weighted by Crippen LogP contribution is 2.14. The summed E-state index contributed by atoms with van der Waals surface area (Å²) < 4.78 is 0. The number of nitrogens with zero attached hydrogens (tertiary/aromatic N) is 1. The summed E-state index contributed by atoms with van der Waals surface area (Å²) in [5, 5.41) is 0. The third-order valence-electron chi connectivity index (χ3n) is 2.33. The molecule has 2 rings (SSSR count). The van der Waals surface area contributed by atoms with Crippen molar-refractivity contribution in [3.63, 3.8) is 0 Å². The summed E-state index contributed by atoms with van der Waals surface area (Å²) in [5.74, 6) is 0. The maximum atomic E-state index is 5.63. The van der Waals surface area contributed by atoms with Crippen LogP contribution in [-0.4, -0.2) is 11.0 Å². The van der Waals surface area contributed by atoms with E-state index in [1.54, 1.807) is 24.5 Å². The normalized spacial score (nSPS) is 16.9. The van der Waals surface area contributed by atoms with Crippen LogP contribution in [0.3, 0.4) is 0 Å². The van der Waals surface area contributed by atoms with Gasteiger partial charge < -0.3 is 11.5 Å². The largest absolute Gasteiger partial charge is 0.397 e. The first-order valence-electron chi connectivity index (χ1n) is 5.20. The Balaban J connectivity index is 0.000000140. The number of nitrogen functional groups attached to an aromatic ring is 1. The molecular formula is C11H19N3. The van der Waals surface area contributed by atoms with Gasteiger partial charge in [0.25, 0.3) is 0 Å². The summed E-state index contributed by atoms with van der Waals surface area (Å²) >= 11 is 0. The van der Waals surface area contributed by atoms with E-state index in [1.807, 2.05) is 0 Å². The highest BCUT2D eigenvalue weighted by atomic mass is 14.7. The van der Waals surface area contributed by atoms with E-state index in [-0.39, 0.29) is 0 Å². The smallest absolute Gasteiger partial charge is 0.0500 e. The Morgan fingerprint density at radius 1 is 1.21 bits per heavy atom. The highest BCUT2D eigenvalue weighted by Gasteiger charge is 2.06. The third kappa shape index (κ3) is 4.82. The minimum absolute atomic E-state index is 0.536. The monoisotopic (exact) mass is 193 g/mol. The minimum atomic E-state index is 0.536. The number of hydrogen-bond acceptors (Lipinski definition) is 3. The average Bonchev–Trinajstić information content (AvgIpc) is 2.21. The molecule has 78 valence electrons. The molecule has 0 atom stereocenters. The van der Waals surface area contributed by atoms with Gasteiger partial charge in [0, 0.05) is 18.4 Å². The van der Waals surface area contributed by atoms with Gasteiger partial charge in [-0.25, -0.2) is 0 Å². The number of anilines is 1. The zero-order chi connectivity index (χ0) is 10.2. The Bertz CT molecular complexity index is 230. The summed E-state index contributed by atoms with van der Waals surface area (Å²) in [5.41, 5.74) is 11.6. The lowest BCUT2D eigenvalue weighted by Crippen LogP contribution is -2.22. The molecule has 0 unspecified atom stereocenters. The van der Waals surface area contributed by atoms with Crippen molar-refractivity contribution in [3.05, 3.63) is 24.5 Å². The van der Waals surface area contributed by atoms with Crippen LogP contribution in [-0.2, 0) is 0 Å². The van der Waals surface area contributed by atoms with Crippen molar-refractivity contribution in [1.82, 2.24) is 4.98 Å². The Morgan fingerprint density at radius 2 is 1.93 bits per heavy atom. The van der Waals surface area contributed by atoms with Gasteiger partial charge in [-0.1, -0.05) is 19.3 Å². The molecule has 0 amide bonds. The van der Waals surface area contributed by atoms with Crippen LogP contribution in [0.15, 0.2) is 24.5 Å². The molecule has 14 heavy (non-hydrogen) atoms. The van der Waals surface area contributed by atoms with Gasteiger partial charge in [-0.15, -0.1) is 0 Å². The van der Waals surface area contributed by atoms with Crippen molar-refractivity contribution in [2.24, 2.45) is 5.73 Å². The number of rotatable bonds is 0. The van der Waals surface area contributed by atoms with Crippen LogP contribution < -0.4 is 11.5 Å². The lowest BCUT2D eigenvalue weighted by atomic mass is 9.97. The van der Waals surface area contributed by atoms with Gasteiger partial charge in [0.1, 0.15) is 0 Å². The van der Waals surface area contributed by atoms with Crippen LogP contribution in [0.1, 0.15) is 32.1 Å². The molecule has 0 aromatic carbocycles. The fourth-order valence-electron chi connectivity index (χ4n) is 1.51. The Morgan fingerprint density at radius 3 is 2.21 bits per heavy atom. The zero-order valence-electron chi connectivity index (χ0n) is 8.52. The van der Waals surface area contributed by atoms with Crippen molar-refractivity contribution in [2.75, 3.05) is 5.73 Å². The number of nitrogens with two attached hydrogens (primary N) is 2. The summed E-state index contributed by atoms with van der Waals surface area (Å²) in [6.45, 7) is 0. The second-order valence-corrected chi connectivity index (χ2v) is 3.68. The predicted octanol–water partition coefficient (Wildman–Crippen LogP) is 1.94. The molecule has 1 saturated carbocycles. The van der Waals surface area contributed by atoms with Gasteiger partial charge in [0.15, 0.2) is 0 Å². The molecule has 0 spiro atoms. The number of aromatic nitrogens is 1. The van der Waals surface area contributed by atoms with Crippen molar-refractivity contribution in [1.29, 1.82) is 0 Å². The molecule has 4 N–H and O–H groups in total. The van der Waals surface area contributed by atoms with Crippen molar-refractivity contribution < 1.29 is 0 Å². The van der Waals surface area contributed by atoms with Crippen LogP contribution in [0.2, 0.25) is 0 Å². The second kappa shape index (κ2) is 6.38. The first-order valence-corrected chi connectivity index (χ1v) is 5.20. The second-order valence-electron chi connectivity index (χ2n) is 3.68. The van der Waals surface area contributed by atoms with Gasteiger partial charge in [0.2, 0.25) is 0 Å². The van der Waals surface area contributed by atoms with Crippen molar-refractivity contribution in [2.45, 2.75) is 38.1 Å². The minimum Gasteiger partial charge on any atom is -0.397 e. The summed E-state index contributed by atoms with van der Waals surface area (Å²) in [6.07, 6.45) is 9.96. The zero-order valence-corrected chi connectivity index (χ0v) is 8.52. The van der Waals surface area contributed by atoms with Crippen LogP contribution >= 0.6 is 0 Å². The van der Waals surface area contributed by atoms with E-state index in [9.17, 15) is 0 Å². The van der Waals surface area contributed by atoms with Gasteiger partial charge in [-0.2, -0.15) is 0 Å². The lowest BCUT2D eigenvalue weighted by molar-refractivity contribution is 0.441. The predicted molar refractivity (Wildman–Crippen MR) is 59.7 cm³/mol. The van der Waals surface area contributed by atoms with Crippen molar-refractivity contribution in [3.8, 4) is 0 Å². The van der Waals surface area contributed by atoms with Gasteiger partial charge >= 0.3 is 0 Å². The standard InChI is InChI=1S/C6H13N.C5H6N2/c7-6-4-2-1-3-5-6;6-5-2-1-3-7-4-5/h6H,1-5,7H2;1-4H,6H2. The molecule has 1 aliphatic rings. The molecular weight excluding hydrogens is 174 g/mol. The number of pyridine rings is 1. The summed E-state index contributed by atoms with van der Waals surface area (Å²) in [4.78, 5) is 3.76. The fraction of sp³-hybridized carbons (Fsp3) is 0.545. The average molecular weight is 193 g/mol. The van der Waals surface area contributed by atoms with Gasteiger partial charge in [-0.05, 0) is 25.0 Å². The van der Waals surface area contributed by atoms with Gasteiger partial charge in [0.05, 0.1) is 5.69 Å². The quantitative estimate of drug-likeness (QED) is 0.661. The van der Waals surface area contributed by atoms with E-state index in [0.29, 0.717) is 11.7 Å². The number of hydrogen-bond donors (Lipinski definition) is 2. The highest BCUT2D eigenvalue weighted by molar-refractivity contribution is 5.32. The van der Waals surface area contributed by atoms with Crippen molar-refractivity contribution >= 4 is 5.69 Å². The fourth-order valence-corrected chi connectivity index (χ4v) is 1.51. The topological polar surface area (TPSA) is 64.9 Å². The summed E-state index contributed by atoms with van der Waals surface area (Å²) in [6, 6.07) is 4.14. The first kappa shape index (κ1) is 11.0. The van der Waals surface area contributed by atoms with E-state index < -0.39 is 0 Å². The van der Waals surface area contributed by atoms with E-state index in [0.717, 1.165) is 0 Å². The maximum Gasteiger partial charge on any atom is 0.0500 e.